The minimum atomic E-state index is -0.251. The Labute approximate surface area is 209 Å². The van der Waals surface area contributed by atoms with Gasteiger partial charge in [0, 0.05) is 22.4 Å². The second-order valence-electron chi connectivity index (χ2n) is 9.62. The number of anilines is 1. The molecule has 3 heterocycles. The molecule has 0 spiro atoms. The fraction of sp³-hybridized carbons (Fsp3) is 0.423. The number of rotatable bonds is 6. The first-order chi connectivity index (χ1) is 16.2. The largest absolute Gasteiger partial charge is 0.355 e. The van der Waals surface area contributed by atoms with Crippen LogP contribution in [0.4, 0.5) is 5.82 Å². The molecule has 1 aromatic carbocycles. The summed E-state index contributed by atoms with van der Waals surface area (Å²) < 4.78 is 1.88. The molecular weight excluding hydrogens is 464 g/mol. The zero-order valence-electron chi connectivity index (χ0n) is 20.4. The van der Waals surface area contributed by atoms with Crippen LogP contribution in [0.25, 0.3) is 5.69 Å². The van der Waals surface area contributed by atoms with Crippen LogP contribution in [-0.2, 0) is 15.0 Å². The van der Waals surface area contributed by atoms with Gasteiger partial charge in [0.05, 0.1) is 22.4 Å². The highest BCUT2D eigenvalue weighted by molar-refractivity contribution is 8.00. The van der Waals surface area contributed by atoms with Crippen molar-refractivity contribution >= 4 is 40.7 Å². The van der Waals surface area contributed by atoms with Crippen LogP contribution < -0.4 is 10.2 Å². The van der Waals surface area contributed by atoms with Crippen LogP contribution in [0.2, 0.25) is 0 Å². The Bertz CT molecular complexity index is 1180. The van der Waals surface area contributed by atoms with Gasteiger partial charge >= 0.3 is 0 Å². The summed E-state index contributed by atoms with van der Waals surface area (Å²) >= 11 is 3.31. The number of thiophene rings is 1. The summed E-state index contributed by atoms with van der Waals surface area (Å²) in [7, 11) is 0. The van der Waals surface area contributed by atoms with Gasteiger partial charge in [0.25, 0.3) is 0 Å². The number of aromatic nitrogens is 2. The number of thioether (sulfide) groups is 1. The van der Waals surface area contributed by atoms with Crippen LogP contribution in [0.1, 0.15) is 61.1 Å². The minimum absolute atomic E-state index is 0.0232. The van der Waals surface area contributed by atoms with Crippen molar-refractivity contribution in [1.29, 1.82) is 0 Å². The summed E-state index contributed by atoms with van der Waals surface area (Å²) in [5.74, 6) is 0.771. The molecule has 0 bridgehead atoms. The van der Waals surface area contributed by atoms with E-state index in [0.29, 0.717) is 18.1 Å². The molecule has 2 amide bonds. The molecule has 0 fully saturated rings. The number of carbonyl (C=O) groups excluding carboxylic acids is 2. The van der Waals surface area contributed by atoms with Crippen LogP contribution in [0.3, 0.4) is 0 Å². The summed E-state index contributed by atoms with van der Waals surface area (Å²) in [6.45, 7) is 11.1. The fourth-order valence-corrected chi connectivity index (χ4v) is 6.32. The number of benzene rings is 1. The molecule has 1 atom stereocenters. The fourth-order valence-electron chi connectivity index (χ4n) is 4.14. The monoisotopic (exact) mass is 496 g/mol. The van der Waals surface area contributed by atoms with Gasteiger partial charge < -0.3 is 5.32 Å². The van der Waals surface area contributed by atoms with Crippen molar-refractivity contribution in [3.05, 3.63) is 63.5 Å². The highest BCUT2D eigenvalue weighted by atomic mass is 32.2. The molecule has 0 radical (unpaired) electrons. The summed E-state index contributed by atoms with van der Waals surface area (Å²) in [4.78, 5) is 29.1. The van der Waals surface area contributed by atoms with E-state index in [4.69, 9.17) is 5.10 Å². The molecule has 1 N–H and O–H groups in total. The summed E-state index contributed by atoms with van der Waals surface area (Å²) in [6, 6.07) is 12.3. The zero-order valence-corrected chi connectivity index (χ0v) is 22.1. The van der Waals surface area contributed by atoms with Crippen molar-refractivity contribution in [3.63, 3.8) is 0 Å². The van der Waals surface area contributed by atoms with Gasteiger partial charge in [-0.05, 0) is 42.5 Å². The summed E-state index contributed by atoms with van der Waals surface area (Å²) in [6.07, 6.45) is 0.844. The van der Waals surface area contributed by atoms with E-state index in [1.54, 1.807) is 28.0 Å². The lowest BCUT2D eigenvalue weighted by atomic mass is 9.88. The number of aryl methyl sites for hydroxylation is 1. The average Bonchev–Trinajstić information content (AvgIpc) is 3.42. The molecule has 0 aliphatic carbocycles. The molecule has 4 rings (SSSR count). The first-order valence-electron chi connectivity index (χ1n) is 11.6. The molecular formula is C26H32N4O2S2. The van der Waals surface area contributed by atoms with Gasteiger partial charge in [-0.25, -0.2) is 4.68 Å². The number of carbonyl (C=O) groups is 2. The van der Waals surface area contributed by atoms with Gasteiger partial charge in [-0.15, -0.1) is 23.1 Å². The SMILES string of the molecule is CCCNC(=O)CN1C(=O)CS[C@@H](c2cccs2)c2c(C(C)(C)C)nn(-c3cccc(C)c3)c21. The van der Waals surface area contributed by atoms with E-state index in [1.165, 1.54) is 4.88 Å². The lowest BCUT2D eigenvalue weighted by Crippen LogP contribution is -2.42. The van der Waals surface area contributed by atoms with Gasteiger partial charge in [0.2, 0.25) is 11.8 Å². The van der Waals surface area contributed by atoms with Crippen LogP contribution in [-0.4, -0.2) is 40.4 Å². The maximum Gasteiger partial charge on any atom is 0.240 e. The van der Waals surface area contributed by atoms with Gasteiger partial charge in [-0.3, -0.25) is 14.5 Å². The Morgan fingerprint density at radius 2 is 2.03 bits per heavy atom. The maximum absolute atomic E-state index is 13.5. The van der Waals surface area contributed by atoms with Crippen LogP contribution in [0, 0.1) is 6.92 Å². The third-order valence-corrected chi connectivity index (χ3v) is 8.04. The molecule has 3 aromatic rings. The van der Waals surface area contributed by atoms with Gasteiger partial charge in [-0.1, -0.05) is 45.9 Å². The second kappa shape index (κ2) is 9.96. The number of hydrogen-bond acceptors (Lipinski definition) is 5. The Morgan fingerprint density at radius 3 is 2.68 bits per heavy atom. The third-order valence-electron chi connectivity index (χ3n) is 5.72. The predicted molar refractivity (Wildman–Crippen MR) is 141 cm³/mol. The van der Waals surface area contributed by atoms with E-state index in [9.17, 15) is 9.59 Å². The minimum Gasteiger partial charge on any atom is -0.355 e. The highest BCUT2D eigenvalue weighted by Gasteiger charge is 2.40. The smallest absolute Gasteiger partial charge is 0.240 e. The van der Waals surface area contributed by atoms with Crippen molar-refractivity contribution < 1.29 is 9.59 Å². The molecule has 34 heavy (non-hydrogen) atoms. The first kappa shape index (κ1) is 24.5. The molecule has 1 aliphatic heterocycles. The van der Waals surface area contributed by atoms with Crippen LogP contribution >= 0.6 is 23.1 Å². The van der Waals surface area contributed by atoms with Crippen molar-refractivity contribution in [1.82, 2.24) is 15.1 Å². The average molecular weight is 497 g/mol. The number of hydrogen-bond donors (Lipinski definition) is 1. The van der Waals surface area contributed by atoms with E-state index < -0.39 is 0 Å². The molecule has 0 saturated heterocycles. The van der Waals surface area contributed by atoms with Crippen molar-refractivity contribution in [3.8, 4) is 5.69 Å². The number of fused-ring (bicyclic) bond motifs is 1. The van der Waals surface area contributed by atoms with Crippen molar-refractivity contribution in [2.45, 2.75) is 51.7 Å². The molecule has 1 aliphatic rings. The van der Waals surface area contributed by atoms with Gasteiger partial charge in [0.15, 0.2) is 0 Å². The van der Waals surface area contributed by atoms with Crippen LogP contribution in [0.5, 0.6) is 0 Å². The molecule has 2 aromatic heterocycles. The number of nitrogens with one attached hydrogen (secondary N) is 1. The molecule has 180 valence electrons. The van der Waals surface area contributed by atoms with Gasteiger partial charge in [0.1, 0.15) is 12.4 Å². The van der Waals surface area contributed by atoms with Crippen molar-refractivity contribution in [2.75, 3.05) is 23.7 Å². The molecule has 8 heteroatoms. The lowest BCUT2D eigenvalue weighted by Gasteiger charge is -2.24. The zero-order chi connectivity index (χ0) is 24.5. The molecule has 0 saturated carbocycles. The molecule has 0 unspecified atom stereocenters. The first-order valence-corrected chi connectivity index (χ1v) is 13.6. The second-order valence-corrected chi connectivity index (χ2v) is 11.7. The third kappa shape index (κ3) is 4.93. The number of amides is 2. The normalized spacial score (nSPS) is 16.3. The highest BCUT2D eigenvalue weighted by Crippen LogP contribution is 2.49. The van der Waals surface area contributed by atoms with Crippen LogP contribution in [0.15, 0.2) is 41.8 Å². The Kier molecular flexibility index (Phi) is 7.19. The van der Waals surface area contributed by atoms with E-state index in [1.807, 2.05) is 42.8 Å². The standard InChI is InChI=1S/C26H32N4O2S2/c1-6-12-27-20(31)15-29-21(32)16-34-23(19-11-8-13-33-19)22-24(26(3,4)5)28-30(25(22)29)18-10-7-9-17(2)14-18/h7-11,13-14,23H,6,12,15-16H2,1-5H3,(H,27,31)/t23-/m0/s1. The van der Waals surface area contributed by atoms with E-state index in [0.717, 1.165) is 28.9 Å². The quantitative estimate of drug-likeness (QED) is 0.507. The maximum atomic E-state index is 13.5. The van der Waals surface area contributed by atoms with E-state index in [2.05, 4.69) is 43.6 Å². The number of nitrogens with zero attached hydrogens (tertiary/aromatic N) is 3. The van der Waals surface area contributed by atoms with Gasteiger partial charge in [-0.2, -0.15) is 5.10 Å². The van der Waals surface area contributed by atoms with E-state index >= 15 is 0 Å². The summed E-state index contributed by atoms with van der Waals surface area (Å²) in [5.41, 5.74) is 3.71. The summed E-state index contributed by atoms with van der Waals surface area (Å²) in [5, 5.41) is 10.1. The topological polar surface area (TPSA) is 67.2 Å². The Hall–Kier alpha value is -2.58. The lowest BCUT2D eigenvalue weighted by molar-refractivity contribution is -0.122. The van der Waals surface area contributed by atoms with Crippen molar-refractivity contribution in [2.24, 2.45) is 0 Å². The Balaban J connectivity index is 1.98. The molecule has 6 nitrogen and oxygen atoms in total. The predicted octanol–water partition coefficient (Wildman–Crippen LogP) is 5.24. The van der Waals surface area contributed by atoms with E-state index in [-0.39, 0.29) is 29.0 Å². The Morgan fingerprint density at radius 1 is 1.24 bits per heavy atom.